The van der Waals surface area contributed by atoms with Gasteiger partial charge in [0.25, 0.3) is 0 Å². The molecule has 2 aliphatic rings. The molecule has 1 aromatic heterocycles. The molecule has 2 unspecified atom stereocenters. The lowest BCUT2D eigenvalue weighted by atomic mass is 10.00. The minimum atomic E-state index is 0.206. The Balaban J connectivity index is 1.71. The number of fused-ring (bicyclic) bond motifs is 1. The molecule has 0 spiro atoms. The molecule has 3 rings (SSSR count). The van der Waals surface area contributed by atoms with Crippen LogP contribution in [0, 0.1) is 5.92 Å². The summed E-state index contributed by atoms with van der Waals surface area (Å²) in [5, 5.41) is 14.0. The summed E-state index contributed by atoms with van der Waals surface area (Å²) in [7, 11) is 0. The normalized spacial score (nSPS) is 28.1. The molecular weight excluding hydrogens is 246 g/mol. The minimum Gasteiger partial charge on any atom is -0.396 e. The molecule has 100 valence electrons. The number of aryl methyl sites for hydroxylation is 1. The first kappa shape index (κ1) is 12.5. The molecule has 4 nitrogen and oxygen atoms in total. The van der Waals surface area contributed by atoms with Crippen molar-refractivity contribution < 1.29 is 5.11 Å². The van der Waals surface area contributed by atoms with Crippen molar-refractivity contribution in [1.82, 2.24) is 14.8 Å². The van der Waals surface area contributed by atoms with Gasteiger partial charge < -0.3 is 5.11 Å². The van der Waals surface area contributed by atoms with Gasteiger partial charge in [-0.25, -0.2) is 9.67 Å². The number of nitrogens with zero attached hydrogens (tertiary/aromatic N) is 3. The molecule has 0 saturated carbocycles. The van der Waals surface area contributed by atoms with Crippen molar-refractivity contribution in [3.8, 4) is 0 Å². The van der Waals surface area contributed by atoms with Crippen LogP contribution in [0.25, 0.3) is 0 Å². The summed E-state index contributed by atoms with van der Waals surface area (Å²) < 4.78 is 2.02. The van der Waals surface area contributed by atoms with E-state index >= 15 is 0 Å². The summed E-state index contributed by atoms with van der Waals surface area (Å²) >= 11 is 2.06. The summed E-state index contributed by atoms with van der Waals surface area (Å²) in [6.07, 6.45) is 5.84. The Labute approximate surface area is 112 Å². The molecule has 0 bridgehead atoms. The second-order valence-electron chi connectivity index (χ2n) is 5.42. The van der Waals surface area contributed by atoms with Crippen LogP contribution in [0.2, 0.25) is 0 Å². The fourth-order valence-electron chi connectivity index (χ4n) is 2.97. The Kier molecular flexibility index (Phi) is 3.89. The second-order valence-corrected chi connectivity index (χ2v) is 6.57. The molecule has 18 heavy (non-hydrogen) atoms. The topological polar surface area (TPSA) is 50.9 Å². The number of aromatic nitrogens is 3. The van der Waals surface area contributed by atoms with Crippen molar-refractivity contribution in [3.63, 3.8) is 0 Å². The zero-order valence-corrected chi connectivity index (χ0v) is 11.5. The maximum Gasteiger partial charge on any atom is 0.151 e. The number of hydrogen-bond acceptors (Lipinski definition) is 4. The Morgan fingerprint density at radius 2 is 2.28 bits per heavy atom. The third kappa shape index (κ3) is 2.57. The lowest BCUT2D eigenvalue weighted by molar-refractivity contribution is 0.234. The summed E-state index contributed by atoms with van der Waals surface area (Å²) in [4.78, 5) is 4.68. The molecule has 0 radical (unpaired) electrons. The molecule has 1 aromatic rings. The zero-order chi connectivity index (χ0) is 12.4. The third-order valence-electron chi connectivity index (χ3n) is 3.98. The van der Waals surface area contributed by atoms with Gasteiger partial charge in [-0.3, -0.25) is 0 Å². The summed E-state index contributed by atoms with van der Waals surface area (Å²) in [6.45, 7) is 1.18. The Morgan fingerprint density at radius 3 is 3.06 bits per heavy atom. The molecule has 2 aliphatic heterocycles. The maximum atomic E-state index is 9.38. The van der Waals surface area contributed by atoms with E-state index < -0.39 is 0 Å². The van der Waals surface area contributed by atoms with Gasteiger partial charge >= 0.3 is 0 Å². The smallest absolute Gasteiger partial charge is 0.151 e. The largest absolute Gasteiger partial charge is 0.396 e. The van der Waals surface area contributed by atoms with Gasteiger partial charge in [0.15, 0.2) is 5.82 Å². The number of aliphatic hydroxyl groups excluding tert-OH is 1. The first-order valence-corrected chi connectivity index (χ1v) is 8.14. The fraction of sp³-hybridized carbons (Fsp3) is 0.846. The highest BCUT2D eigenvalue weighted by atomic mass is 32.2. The molecule has 5 heteroatoms. The minimum absolute atomic E-state index is 0.206. The zero-order valence-electron chi connectivity index (χ0n) is 10.7. The van der Waals surface area contributed by atoms with Gasteiger partial charge in [-0.05, 0) is 43.1 Å². The van der Waals surface area contributed by atoms with Gasteiger partial charge in [0, 0.05) is 18.9 Å². The lowest BCUT2D eigenvalue weighted by Gasteiger charge is -2.19. The molecule has 1 saturated heterocycles. The molecule has 1 N–H and O–H groups in total. The second kappa shape index (κ2) is 5.61. The van der Waals surface area contributed by atoms with Crippen LogP contribution in [-0.4, -0.2) is 38.0 Å². The highest BCUT2D eigenvalue weighted by molar-refractivity contribution is 7.99. The molecule has 1 fully saturated rings. The van der Waals surface area contributed by atoms with Gasteiger partial charge in [-0.1, -0.05) is 0 Å². The fourth-order valence-corrected chi connectivity index (χ4v) is 4.13. The number of hydrogen-bond donors (Lipinski definition) is 1. The summed E-state index contributed by atoms with van der Waals surface area (Å²) in [5.41, 5.74) is 0. The van der Waals surface area contributed by atoms with Crippen molar-refractivity contribution in [1.29, 1.82) is 0 Å². The van der Waals surface area contributed by atoms with E-state index in [9.17, 15) is 5.11 Å². The van der Waals surface area contributed by atoms with E-state index in [0.717, 1.165) is 43.4 Å². The predicted octanol–water partition coefficient (Wildman–Crippen LogP) is 1.83. The van der Waals surface area contributed by atoms with E-state index in [0.29, 0.717) is 0 Å². The number of aliphatic hydroxyl groups is 1. The van der Waals surface area contributed by atoms with E-state index in [2.05, 4.69) is 21.8 Å². The number of thioether (sulfide) groups is 1. The Morgan fingerprint density at radius 1 is 1.33 bits per heavy atom. The van der Waals surface area contributed by atoms with E-state index in [1.807, 2.05) is 4.68 Å². The van der Waals surface area contributed by atoms with Crippen LogP contribution < -0.4 is 0 Å². The van der Waals surface area contributed by atoms with E-state index in [4.69, 9.17) is 0 Å². The first-order chi connectivity index (χ1) is 8.86. The molecule has 3 heterocycles. The highest BCUT2D eigenvalue weighted by Crippen LogP contribution is 2.28. The van der Waals surface area contributed by atoms with Gasteiger partial charge in [-0.15, -0.1) is 0 Å². The monoisotopic (exact) mass is 267 g/mol. The number of rotatable bonds is 3. The SMILES string of the molecule is OCC1CCCn2nc(CC3CCCSC3)nc21. The lowest BCUT2D eigenvalue weighted by Crippen LogP contribution is -2.19. The standard InChI is InChI=1S/C13H21N3OS/c17-8-11-4-1-5-16-13(11)14-12(15-16)7-10-3-2-6-18-9-10/h10-11,17H,1-9H2. The van der Waals surface area contributed by atoms with Crippen LogP contribution in [0.15, 0.2) is 0 Å². The van der Waals surface area contributed by atoms with Gasteiger partial charge in [0.05, 0.1) is 6.61 Å². The molecule has 0 aliphatic carbocycles. The Hall–Kier alpha value is -0.550. The van der Waals surface area contributed by atoms with Crippen molar-refractivity contribution in [2.45, 2.75) is 44.6 Å². The van der Waals surface area contributed by atoms with Gasteiger partial charge in [0.1, 0.15) is 5.82 Å². The van der Waals surface area contributed by atoms with Crippen LogP contribution in [0.3, 0.4) is 0 Å². The van der Waals surface area contributed by atoms with Crippen LogP contribution in [-0.2, 0) is 13.0 Å². The molecule has 0 amide bonds. The predicted molar refractivity (Wildman–Crippen MR) is 72.8 cm³/mol. The van der Waals surface area contributed by atoms with E-state index in [1.54, 1.807) is 0 Å². The van der Waals surface area contributed by atoms with E-state index in [1.165, 1.54) is 24.3 Å². The third-order valence-corrected chi connectivity index (χ3v) is 5.26. The van der Waals surface area contributed by atoms with Crippen molar-refractivity contribution in [2.24, 2.45) is 5.92 Å². The quantitative estimate of drug-likeness (QED) is 0.908. The van der Waals surface area contributed by atoms with Crippen LogP contribution in [0.5, 0.6) is 0 Å². The average Bonchev–Trinajstić information content (AvgIpc) is 2.82. The summed E-state index contributed by atoms with van der Waals surface area (Å²) in [6, 6.07) is 0. The Bertz CT molecular complexity index is 401. The maximum absolute atomic E-state index is 9.38. The van der Waals surface area contributed by atoms with Crippen LogP contribution in [0.4, 0.5) is 0 Å². The van der Waals surface area contributed by atoms with Crippen molar-refractivity contribution in [3.05, 3.63) is 11.6 Å². The van der Waals surface area contributed by atoms with E-state index in [-0.39, 0.29) is 12.5 Å². The molecule has 2 atom stereocenters. The van der Waals surface area contributed by atoms with Crippen molar-refractivity contribution in [2.75, 3.05) is 18.1 Å². The van der Waals surface area contributed by atoms with Gasteiger partial charge in [-0.2, -0.15) is 16.9 Å². The van der Waals surface area contributed by atoms with Crippen LogP contribution >= 0.6 is 11.8 Å². The first-order valence-electron chi connectivity index (χ1n) is 6.99. The van der Waals surface area contributed by atoms with Crippen molar-refractivity contribution >= 4 is 11.8 Å². The average molecular weight is 267 g/mol. The molecule has 0 aromatic carbocycles. The van der Waals surface area contributed by atoms with Gasteiger partial charge in [0.2, 0.25) is 0 Å². The summed E-state index contributed by atoms with van der Waals surface area (Å²) in [5.74, 6) is 5.55. The van der Waals surface area contributed by atoms with Crippen LogP contribution in [0.1, 0.15) is 43.3 Å². The molecular formula is C13H21N3OS. The highest BCUT2D eigenvalue weighted by Gasteiger charge is 2.25.